The monoisotopic (exact) mass is 492 g/mol. The van der Waals surface area contributed by atoms with Gasteiger partial charge in [0.25, 0.3) is 0 Å². The lowest BCUT2D eigenvalue weighted by atomic mass is 9.76. The van der Waals surface area contributed by atoms with Gasteiger partial charge in [0, 0.05) is 0 Å². The van der Waals surface area contributed by atoms with Crippen LogP contribution >= 0.6 is 0 Å². The summed E-state index contributed by atoms with van der Waals surface area (Å²) < 4.78 is 19.7. The molecule has 3 nitrogen and oxygen atoms in total. The van der Waals surface area contributed by atoms with Gasteiger partial charge >= 0.3 is 5.97 Å². The van der Waals surface area contributed by atoms with Crippen molar-refractivity contribution in [2.75, 3.05) is 0 Å². The first-order valence-corrected chi connectivity index (χ1v) is 13.2. The van der Waals surface area contributed by atoms with Crippen molar-refractivity contribution in [2.24, 2.45) is 0 Å². The van der Waals surface area contributed by atoms with Gasteiger partial charge in [0.1, 0.15) is 11.9 Å². The second kappa shape index (κ2) is 13.9. The minimum Gasteiger partial charge on any atom is -0.478 e. The highest BCUT2D eigenvalue weighted by Crippen LogP contribution is 2.42. The SMILES string of the molecule is CC.CC.Cc1cc2c(cc1C(OCc1ccc(F)cc1)c1ccc(C(=O)O)cc1)C(C)CCC2C. The van der Waals surface area contributed by atoms with Crippen LogP contribution in [0.25, 0.3) is 0 Å². The van der Waals surface area contributed by atoms with Crippen LogP contribution < -0.4 is 0 Å². The van der Waals surface area contributed by atoms with Crippen molar-refractivity contribution in [1.82, 2.24) is 0 Å². The Morgan fingerprint density at radius 3 is 1.97 bits per heavy atom. The summed E-state index contributed by atoms with van der Waals surface area (Å²) in [5.74, 6) is -0.189. The number of fused-ring (bicyclic) bond motifs is 1. The number of rotatable bonds is 6. The van der Waals surface area contributed by atoms with Crippen LogP contribution in [-0.4, -0.2) is 11.1 Å². The van der Waals surface area contributed by atoms with Gasteiger partial charge in [-0.3, -0.25) is 0 Å². The topological polar surface area (TPSA) is 46.5 Å². The molecular weight excluding hydrogens is 451 g/mol. The Kier molecular flexibility index (Phi) is 11.3. The highest BCUT2D eigenvalue weighted by molar-refractivity contribution is 5.87. The Hall–Kier alpha value is -2.98. The molecule has 3 aromatic carbocycles. The minimum absolute atomic E-state index is 0.246. The number of ether oxygens (including phenoxy) is 1. The molecule has 0 saturated heterocycles. The molecule has 3 unspecified atom stereocenters. The average molecular weight is 493 g/mol. The molecular formula is C32H41FO3. The molecule has 0 fully saturated rings. The van der Waals surface area contributed by atoms with E-state index in [0.29, 0.717) is 18.4 Å². The van der Waals surface area contributed by atoms with Crippen molar-refractivity contribution in [3.8, 4) is 0 Å². The molecule has 1 aliphatic rings. The highest BCUT2D eigenvalue weighted by atomic mass is 19.1. The molecule has 4 heteroatoms. The van der Waals surface area contributed by atoms with Crippen LogP contribution in [0.1, 0.15) is 116 Å². The largest absolute Gasteiger partial charge is 0.478 e. The van der Waals surface area contributed by atoms with Crippen molar-refractivity contribution >= 4 is 5.97 Å². The minimum atomic E-state index is -0.951. The van der Waals surface area contributed by atoms with Crippen LogP contribution in [0.2, 0.25) is 0 Å². The molecule has 0 aliphatic heterocycles. The van der Waals surface area contributed by atoms with Gasteiger partial charge in [0.05, 0.1) is 12.2 Å². The zero-order valence-electron chi connectivity index (χ0n) is 22.8. The summed E-state index contributed by atoms with van der Waals surface area (Å²) in [4.78, 5) is 11.3. The van der Waals surface area contributed by atoms with Crippen LogP contribution in [0.3, 0.4) is 0 Å². The van der Waals surface area contributed by atoms with Crippen molar-refractivity contribution in [3.63, 3.8) is 0 Å². The molecule has 0 aromatic heterocycles. The zero-order chi connectivity index (χ0) is 26.8. The lowest BCUT2D eigenvalue weighted by molar-refractivity contribution is 0.0658. The molecule has 3 aromatic rings. The van der Waals surface area contributed by atoms with Crippen LogP contribution in [0.4, 0.5) is 4.39 Å². The molecule has 1 N–H and O–H groups in total. The van der Waals surface area contributed by atoms with E-state index in [1.165, 1.54) is 36.1 Å². The third-order valence-electron chi connectivity index (χ3n) is 6.64. The van der Waals surface area contributed by atoms with Gasteiger partial charge in [-0.2, -0.15) is 0 Å². The Balaban J connectivity index is 0.00000109. The number of carboxylic acids is 1. The summed E-state index contributed by atoms with van der Waals surface area (Å²) in [6.45, 7) is 15.0. The lowest BCUT2D eigenvalue weighted by Gasteiger charge is -2.31. The summed E-state index contributed by atoms with van der Waals surface area (Å²) >= 11 is 0. The van der Waals surface area contributed by atoms with Crippen molar-refractivity contribution < 1.29 is 19.0 Å². The van der Waals surface area contributed by atoms with Gasteiger partial charge in [0.2, 0.25) is 0 Å². The van der Waals surface area contributed by atoms with Crippen molar-refractivity contribution in [3.05, 3.63) is 105 Å². The molecule has 0 amide bonds. The summed E-state index contributed by atoms with van der Waals surface area (Å²) in [5.41, 5.74) is 7.08. The standard InChI is InChI=1S/C28H29FO3.2C2H6/c1-17-4-5-18(2)25-15-26(19(3)14-24(17)25)27(21-8-10-22(11-9-21)28(30)31)32-16-20-6-12-23(29)13-7-20;2*1-2/h6-15,17-18,27H,4-5,16H2,1-3H3,(H,30,31);2*1-2H3. The van der Waals surface area contributed by atoms with Crippen LogP contribution in [-0.2, 0) is 11.3 Å². The summed E-state index contributed by atoms with van der Waals surface area (Å²) in [7, 11) is 0. The second-order valence-corrected chi connectivity index (χ2v) is 8.96. The number of hydrogen-bond acceptors (Lipinski definition) is 2. The first-order chi connectivity index (χ1) is 17.3. The third-order valence-corrected chi connectivity index (χ3v) is 6.64. The fraction of sp³-hybridized carbons (Fsp3) is 0.406. The molecule has 194 valence electrons. The molecule has 0 heterocycles. The van der Waals surface area contributed by atoms with E-state index in [4.69, 9.17) is 4.74 Å². The molecule has 0 bridgehead atoms. The normalized spacial score (nSPS) is 17.0. The molecule has 0 radical (unpaired) electrons. The Labute approximate surface area is 216 Å². The van der Waals surface area contributed by atoms with Gasteiger partial charge in [0.15, 0.2) is 0 Å². The third kappa shape index (κ3) is 7.04. The van der Waals surface area contributed by atoms with Gasteiger partial charge in [-0.1, -0.05) is 77.9 Å². The Morgan fingerprint density at radius 1 is 0.917 bits per heavy atom. The van der Waals surface area contributed by atoms with E-state index in [9.17, 15) is 14.3 Å². The first-order valence-electron chi connectivity index (χ1n) is 13.2. The molecule has 4 rings (SSSR count). The lowest BCUT2D eigenvalue weighted by Crippen LogP contribution is -2.15. The number of hydrogen-bond donors (Lipinski definition) is 1. The Bertz CT molecular complexity index is 1100. The molecule has 0 spiro atoms. The fourth-order valence-electron chi connectivity index (χ4n) is 4.64. The van der Waals surface area contributed by atoms with Crippen LogP contribution in [0.5, 0.6) is 0 Å². The molecule has 0 saturated carbocycles. The molecule has 36 heavy (non-hydrogen) atoms. The number of aromatic carboxylic acids is 1. The number of benzene rings is 3. The first kappa shape index (κ1) is 29.3. The van der Waals surface area contributed by atoms with Gasteiger partial charge in [-0.25, -0.2) is 9.18 Å². The highest BCUT2D eigenvalue weighted by Gasteiger charge is 2.26. The predicted molar refractivity (Wildman–Crippen MR) is 146 cm³/mol. The van der Waals surface area contributed by atoms with Gasteiger partial charge < -0.3 is 9.84 Å². The number of aryl methyl sites for hydroxylation is 1. The fourth-order valence-corrected chi connectivity index (χ4v) is 4.64. The summed E-state index contributed by atoms with van der Waals surface area (Å²) in [6, 6.07) is 17.8. The molecule has 1 aliphatic carbocycles. The van der Waals surface area contributed by atoms with Gasteiger partial charge in [-0.05, 0) is 89.2 Å². The summed E-state index contributed by atoms with van der Waals surface area (Å²) in [6.07, 6.45) is 2.02. The smallest absolute Gasteiger partial charge is 0.335 e. The van der Waals surface area contributed by atoms with E-state index in [1.54, 1.807) is 24.3 Å². The number of carbonyl (C=O) groups is 1. The van der Waals surface area contributed by atoms with E-state index in [1.807, 2.05) is 39.8 Å². The van der Waals surface area contributed by atoms with Crippen molar-refractivity contribution in [1.29, 1.82) is 0 Å². The maximum absolute atomic E-state index is 13.3. The number of carboxylic acid groups (broad SMARTS) is 1. The van der Waals surface area contributed by atoms with Gasteiger partial charge in [-0.15, -0.1) is 0 Å². The average Bonchev–Trinajstić information content (AvgIpc) is 2.90. The van der Waals surface area contributed by atoms with E-state index >= 15 is 0 Å². The van der Waals surface area contributed by atoms with E-state index in [2.05, 4.69) is 32.9 Å². The summed E-state index contributed by atoms with van der Waals surface area (Å²) in [5, 5.41) is 9.27. The van der Waals surface area contributed by atoms with Crippen molar-refractivity contribution in [2.45, 2.75) is 85.9 Å². The predicted octanol–water partition coefficient (Wildman–Crippen LogP) is 9.19. The Morgan fingerprint density at radius 2 is 1.44 bits per heavy atom. The maximum Gasteiger partial charge on any atom is 0.335 e. The molecule has 3 atom stereocenters. The van der Waals surface area contributed by atoms with E-state index in [-0.39, 0.29) is 17.5 Å². The zero-order valence-corrected chi connectivity index (χ0v) is 22.8. The maximum atomic E-state index is 13.3. The van der Waals surface area contributed by atoms with E-state index < -0.39 is 5.97 Å². The number of halogens is 1. The van der Waals surface area contributed by atoms with Crippen LogP contribution in [0.15, 0.2) is 60.7 Å². The second-order valence-electron chi connectivity index (χ2n) is 8.96. The van der Waals surface area contributed by atoms with Crippen LogP contribution in [0, 0.1) is 12.7 Å². The van der Waals surface area contributed by atoms with E-state index in [0.717, 1.165) is 22.3 Å². The quantitative estimate of drug-likeness (QED) is 0.373.